The van der Waals surface area contributed by atoms with Crippen molar-refractivity contribution in [3.05, 3.63) is 86.6 Å². The average Bonchev–Trinajstić information content (AvgIpc) is 3.18. The van der Waals surface area contributed by atoms with E-state index < -0.39 is 23.5 Å². The Hall–Kier alpha value is -3.03. The van der Waals surface area contributed by atoms with Crippen LogP contribution < -0.4 is 4.90 Å². The van der Waals surface area contributed by atoms with Gasteiger partial charge in [0, 0.05) is 15.5 Å². The first-order valence-electron chi connectivity index (χ1n) is 9.04. The molecule has 2 aromatic carbocycles. The Morgan fingerprint density at radius 1 is 1.17 bits per heavy atom. The maximum atomic E-state index is 13.3. The number of anilines is 1. The molecule has 1 aromatic heterocycles. The predicted molar refractivity (Wildman–Crippen MR) is 114 cm³/mol. The highest BCUT2D eigenvalue weighted by Crippen LogP contribution is 2.44. The number of aryl methyl sites for hydroxylation is 2. The molecule has 1 atom stereocenters. The first kappa shape index (κ1) is 20.3. The van der Waals surface area contributed by atoms with Crippen LogP contribution in [0.15, 0.2) is 54.1 Å². The number of ketones is 1. The van der Waals surface area contributed by atoms with Crippen LogP contribution in [0, 0.1) is 19.7 Å². The van der Waals surface area contributed by atoms with Gasteiger partial charge in [-0.1, -0.05) is 23.7 Å². The summed E-state index contributed by atoms with van der Waals surface area (Å²) >= 11 is 7.45. The lowest BCUT2D eigenvalue weighted by Crippen LogP contribution is -2.29. The maximum absolute atomic E-state index is 13.3. The summed E-state index contributed by atoms with van der Waals surface area (Å²) in [6.45, 7) is 3.69. The van der Waals surface area contributed by atoms with Crippen molar-refractivity contribution in [1.29, 1.82) is 0 Å². The second-order valence-corrected chi connectivity index (χ2v) is 8.49. The molecule has 1 N–H and O–H groups in total. The van der Waals surface area contributed by atoms with Crippen molar-refractivity contribution in [2.75, 3.05) is 4.90 Å². The molecule has 5 nitrogen and oxygen atoms in total. The van der Waals surface area contributed by atoms with Crippen LogP contribution in [0.25, 0.3) is 5.76 Å². The maximum Gasteiger partial charge on any atom is 0.301 e. The van der Waals surface area contributed by atoms with Gasteiger partial charge in [0.2, 0.25) is 0 Å². The summed E-state index contributed by atoms with van der Waals surface area (Å²) in [5.41, 5.74) is 1.43. The van der Waals surface area contributed by atoms with Crippen LogP contribution in [0.2, 0.25) is 5.02 Å². The van der Waals surface area contributed by atoms with E-state index in [0.29, 0.717) is 15.7 Å². The van der Waals surface area contributed by atoms with Crippen LogP contribution >= 0.6 is 22.9 Å². The third-order valence-electron chi connectivity index (χ3n) is 4.95. The number of halogens is 2. The molecule has 0 spiro atoms. The molecular formula is C22H16ClFN2O3S. The molecule has 1 saturated heterocycles. The number of thiazole rings is 1. The van der Waals surface area contributed by atoms with E-state index in [-0.39, 0.29) is 16.9 Å². The number of Topliss-reactive ketones (excluding diaryl/α,β-unsaturated/α-hetero) is 1. The minimum atomic E-state index is -0.918. The normalized spacial score (nSPS) is 18.3. The molecule has 1 aliphatic heterocycles. The van der Waals surface area contributed by atoms with Crippen molar-refractivity contribution >= 4 is 45.5 Å². The molecule has 2 heterocycles. The highest BCUT2D eigenvalue weighted by atomic mass is 35.5. The van der Waals surface area contributed by atoms with Crippen LogP contribution in [-0.2, 0) is 9.59 Å². The second-order valence-electron chi connectivity index (χ2n) is 6.87. The fourth-order valence-electron chi connectivity index (χ4n) is 3.34. The van der Waals surface area contributed by atoms with Gasteiger partial charge in [-0.3, -0.25) is 14.5 Å². The van der Waals surface area contributed by atoms with Crippen molar-refractivity contribution in [2.45, 2.75) is 19.9 Å². The van der Waals surface area contributed by atoms with Gasteiger partial charge in [-0.15, -0.1) is 11.3 Å². The third kappa shape index (κ3) is 3.40. The SMILES string of the molecule is Cc1nc(N2C(=O)C(=O)C(=C(O)c3ccc(F)cc3)[C@@H]2c2cccc(Cl)c2)sc1C. The third-order valence-corrected chi connectivity index (χ3v) is 6.26. The first-order chi connectivity index (χ1) is 14.3. The standard InChI is InChI=1S/C22H16ClFN2O3S/c1-11-12(2)30-22(25-11)26-18(14-4-3-5-15(23)10-14)17(20(28)21(26)29)19(27)13-6-8-16(24)9-7-13/h3-10,18,27H,1-2H3/t18-/m0/s1. The van der Waals surface area contributed by atoms with Crippen molar-refractivity contribution in [2.24, 2.45) is 0 Å². The van der Waals surface area contributed by atoms with Gasteiger partial charge < -0.3 is 5.11 Å². The van der Waals surface area contributed by atoms with E-state index in [1.165, 1.54) is 40.5 Å². The molecule has 1 aliphatic rings. The molecule has 30 heavy (non-hydrogen) atoms. The van der Waals surface area contributed by atoms with Gasteiger partial charge in [0.05, 0.1) is 17.3 Å². The number of nitrogens with zero attached hydrogens (tertiary/aromatic N) is 2. The van der Waals surface area contributed by atoms with Crippen LogP contribution in [0.3, 0.4) is 0 Å². The van der Waals surface area contributed by atoms with Crippen LogP contribution in [0.5, 0.6) is 0 Å². The van der Waals surface area contributed by atoms with E-state index >= 15 is 0 Å². The van der Waals surface area contributed by atoms with Gasteiger partial charge in [0.1, 0.15) is 11.6 Å². The van der Waals surface area contributed by atoms with E-state index in [9.17, 15) is 19.1 Å². The number of hydrogen-bond acceptors (Lipinski definition) is 5. The molecule has 8 heteroatoms. The van der Waals surface area contributed by atoms with Gasteiger partial charge >= 0.3 is 5.91 Å². The lowest BCUT2D eigenvalue weighted by atomic mass is 9.95. The van der Waals surface area contributed by atoms with Crippen LogP contribution in [0.1, 0.15) is 27.7 Å². The lowest BCUT2D eigenvalue weighted by Gasteiger charge is -2.23. The van der Waals surface area contributed by atoms with Crippen LogP contribution in [0.4, 0.5) is 9.52 Å². The van der Waals surface area contributed by atoms with E-state index in [0.717, 1.165) is 10.6 Å². The van der Waals surface area contributed by atoms with Crippen molar-refractivity contribution in [1.82, 2.24) is 4.98 Å². The quantitative estimate of drug-likeness (QED) is 0.344. The molecule has 0 aliphatic carbocycles. The number of carbonyl (C=O) groups is 2. The Morgan fingerprint density at radius 2 is 1.87 bits per heavy atom. The highest BCUT2D eigenvalue weighted by Gasteiger charge is 2.48. The minimum Gasteiger partial charge on any atom is -0.507 e. The average molecular weight is 443 g/mol. The molecule has 0 radical (unpaired) electrons. The van der Waals surface area contributed by atoms with Crippen LogP contribution in [-0.4, -0.2) is 21.8 Å². The van der Waals surface area contributed by atoms with E-state index in [4.69, 9.17) is 11.6 Å². The minimum absolute atomic E-state index is 0.0978. The first-order valence-corrected chi connectivity index (χ1v) is 10.2. The Bertz CT molecular complexity index is 1180. The summed E-state index contributed by atoms with van der Waals surface area (Å²) in [6, 6.07) is 10.9. The summed E-state index contributed by atoms with van der Waals surface area (Å²) < 4.78 is 13.3. The van der Waals surface area contributed by atoms with E-state index in [1.807, 2.05) is 13.8 Å². The van der Waals surface area contributed by atoms with Gasteiger partial charge in [-0.05, 0) is 55.8 Å². The van der Waals surface area contributed by atoms with E-state index in [1.54, 1.807) is 24.3 Å². The fourth-order valence-corrected chi connectivity index (χ4v) is 4.48. The Labute approximate surface area is 181 Å². The Balaban J connectivity index is 1.96. The number of aliphatic hydroxyl groups is 1. The molecule has 0 saturated carbocycles. The van der Waals surface area contributed by atoms with Crippen molar-refractivity contribution in [3.8, 4) is 0 Å². The molecule has 4 rings (SSSR count). The fraction of sp³-hybridized carbons (Fsp3) is 0.136. The van der Waals surface area contributed by atoms with E-state index in [2.05, 4.69) is 4.98 Å². The second kappa shape index (κ2) is 7.66. The van der Waals surface area contributed by atoms with Gasteiger partial charge in [0.15, 0.2) is 5.13 Å². The van der Waals surface area contributed by atoms with Crippen molar-refractivity contribution in [3.63, 3.8) is 0 Å². The molecule has 0 unspecified atom stereocenters. The highest BCUT2D eigenvalue weighted by molar-refractivity contribution is 7.16. The zero-order chi connectivity index (χ0) is 21.6. The monoisotopic (exact) mass is 442 g/mol. The number of aromatic nitrogens is 1. The molecule has 152 valence electrons. The Morgan fingerprint density at radius 3 is 2.47 bits per heavy atom. The summed E-state index contributed by atoms with van der Waals surface area (Å²) in [6.07, 6.45) is 0. The zero-order valence-corrected chi connectivity index (χ0v) is 17.6. The topological polar surface area (TPSA) is 70.5 Å². The molecular weight excluding hydrogens is 427 g/mol. The number of hydrogen-bond donors (Lipinski definition) is 1. The number of carbonyl (C=O) groups excluding carboxylic acids is 2. The molecule has 3 aromatic rings. The van der Waals surface area contributed by atoms with Gasteiger partial charge in [-0.25, -0.2) is 9.37 Å². The number of amides is 1. The molecule has 1 fully saturated rings. The molecule has 0 bridgehead atoms. The molecule has 1 amide bonds. The number of rotatable bonds is 3. The number of benzene rings is 2. The zero-order valence-electron chi connectivity index (χ0n) is 16.0. The smallest absolute Gasteiger partial charge is 0.301 e. The summed E-state index contributed by atoms with van der Waals surface area (Å²) in [7, 11) is 0. The summed E-state index contributed by atoms with van der Waals surface area (Å²) in [5.74, 6) is -2.50. The summed E-state index contributed by atoms with van der Waals surface area (Å²) in [5, 5.41) is 11.7. The largest absolute Gasteiger partial charge is 0.507 e. The van der Waals surface area contributed by atoms with Gasteiger partial charge in [0.25, 0.3) is 5.78 Å². The van der Waals surface area contributed by atoms with Gasteiger partial charge in [-0.2, -0.15) is 0 Å². The lowest BCUT2D eigenvalue weighted by molar-refractivity contribution is -0.132. The summed E-state index contributed by atoms with van der Waals surface area (Å²) in [4.78, 5) is 32.6. The Kier molecular flexibility index (Phi) is 5.17. The predicted octanol–water partition coefficient (Wildman–Crippen LogP) is 5.18. The van der Waals surface area contributed by atoms with Crippen molar-refractivity contribution < 1.29 is 19.1 Å². The number of aliphatic hydroxyl groups excluding tert-OH is 1.